The summed E-state index contributed by atoms with van der Waals surface area (Å²) in [6, 6.07) is 17.7. The molecule has 3 heterocycles. The van der Waals surface area contributed by atoms with E-state index in [9.17, 15) is 0 Å². The van der Waals surface area contributed by atoms with Crippen molar-refractivity contribution in [3.63, 3.8) is 0 Å². The van der Waals surface area contributed by atoms with Gasteiger partial charge in [-0.25, -0.2) is 0 Å². The van der Waals surface area contributed by atoms with Crippen LogP contribution in [0.2, 0.25) is 0 Å². The first-order valence-corrected chi connectivity index (χ1v) is 12.2. The van der Waals surface area contributed by atoms with Crippen molar-refractivity contribution < 1.29 is 0 Å². The van der Waals surface area contributed by atoms with Crippen LogP contribution in [0.5, 0.6) is 0 Å². The maximum absolute atomic E-state index is 4.31. The van der Waals surface area contributed by atoms with E-state index in [-0.39, 0.29) is 0 Å². The smallest absolute Gasteiger partial charge is 0.0769 e. The van der Waals surface area contributed by atoms with E-state index in [4.69, 9.17) is 0 Å². The minimum absolute atomic E-state index is 0.469. The Hall–Kier alpha value is -3.85. The number of benzene rings is 2. The molecule has 7 rings (SSSR count). The normalized spacial score (nSPS) is 20.4. The first-order chi connectivity index (χ1) is 16.7. The summed E-state index contributed by atoms with van der Waals surface area (Å²) in [5.74, 6) is 1.04. The number of nitrogens with one attached hydrogen (secondary N) is 1. The molecule has 34 heavy (non-hydrogen) atoms. The third kappa shape index (κ3) is 2.86. The molecule has 0 saturated carbocycles. The molecule has 0 radical (unpaired) electrons. The van der Waals surface area contributed by atoms with Crippen molar-refractivity contribution in [3.8, 4) is 0 Å². The molecule has 5 aromatic rings. The second kappa shape index (κ2) is 7.33. The third-order valence-electron chi connectivity index (χ3n) is 7.66. The van der Waals surface area contributed by atoms with E-state index in [1.165, 1.54) is 54.5 Å². The first-order valence-electron chi connectivity index (χ1n) is 12.2. The van der Waals surface area contributed by atoms with Gasteiger partial charge in [0.15, 0.2) is 0 Å². The molecule has 0 spiro atoms. The van der Waals surface area contributed by atoms with Crippen molar-refractivity contribution in [1.29, 1.82) is 0 Å². The van der Waals surface area contributed by atoms with Gasteiger partial charge < -0.3 is 9.55 Å². The molecule has 3 aromatic heterocycles. The number of aromatic nitrogens is 3. The van der Waals surface area contributed by atoms with Crippen LogP contribution in [0.15, 0.2) is 84.8 Å². The van der Waals surface area contributed by atoms with Crippen molar-refractivity contribution in [1.82, 2.24) is 14.5 Å². The molecule has 0 aliphatic heterocycles. The average molecular weight is 442 g/mol. The van der Waals surface area contributed by atoms with Gasteiger partial charge in [0.2, 0.25) is 0 Å². The van der Waals surface area contributed by atoms with Crippen LogP contribution in [0.4, 0.5) is 0 Å². The van der Waals surface area contributed by atoms with E-state index < -0.39 is 0 Å². The summed E-state index contributed by atoms with van der Waals surface area (Å²) in [7, 11) is 0. The molecule has 1 N–H and O–H groups in total. The monoisotopic (exact) mass is 441 g/mol. The standard InChI is InChI=1S/C31H27N3/c1-19-15-22-5-3-4-6-25(22)28(16-19)24-10-8-23(17-20(24)2)34-14-12-21-7-9-27-26-11-13-32-18-29(26)33-30(27)31(21)34/h3-15,18-20,33H,16-17H2,1-2H3. The van der Waals surface area contributed by atoms with Crippen LogP contribution in [0.3, 0.4) is 0 Å². The number of fused-ring (bicyclic) bond motifs is 6. The molecule has 0 fully saturated rings. The minimum atomic E-state index is 0.469. The van der Waals surface area contributed by atoms with Crippen molar-refractivity contribution >= 4 is 50.1 Å². The van der Waals surface area contributed by atoms with Crippen LogP contribution in [0.25, 0.3) is 50.1 Å². The van der Waals surface area contributed by atoms with Gasteiger partial charge >= 0.3 is 0 Å². The molecular formula is C31H27N3. The summed E-state index contributed by atoms with van der Waals surface area (Å²) >= 11 is 0. The van der Waals surface area contributed by atoms with Gasteiger partial charge in [-0.3, -0.25) is 4.98 Å². The zero-order valence-electron chi connectivity index (χ0n) is 19.5. The molecule has 3 nitrogen and oxygen atoms in total. The highest BCUT2D eigenvalue weighted by molar-refractivity contribution is 6.16. The maximum Gasteiger partial charge on any atom is 0.0769 e. The fourth-order valence-electron chi connectivity index (χ4n) is 6.09. The quantitative estimate of drug-likeness (QED) is 0.350. The molecule has 0 amide bonds. The molecule has 2 aliphatic carbocycles. The van der Waals surface area contributed by atoms with Crippen LogP contribution >= 0.6 is 0 Å². The van der Waals surface area contributed by atoms with Crippen LogP contribution in [-0.4, -0.2) is 14.5 Å². The van der Waals surface area contributed by atoms with Gasteiger partial charge in [0.25, 0.3) is 0 Å². The Bertz CT molecular complexity index is 1790. The third-order valence-corrected chi connectivity index (χ3v) is 7.66. The Morgan fingerprint density at radius 1 is 0.941 bits per heavy atom. The average Bonchev–Trinajstić information content (AvgIpc) is 3.45. The Labute approximate surface area is 198 Å². The topological polar surface area (TPSA) is 33.6 Å². The lowest BCUT2D eigenvalue weighted by molar-refractivity contribution is 0.682. The first kappa shape index (κ1) is 19.6. The van der Waals surface area contributed by atoms with Gasteiger partial charge in [-0.1, -0.05) is 62.4 Å². The highest BCUT2D eigenvalue weighted by Gasteiger charge is 2.23. The summed E-state index contributed by atoms with van der Waals surface area (Å²) in [6.07, 6.45) is 15.3. The molecule has 0 bridgehead atoms. The Morgan fingerprint density at radius 2 is 1.85 bits per heavy atom. The SMILES string of the molecule is CC1C=c2ccccc2=C(C2=CC=C(n3ccc4ccc5c6ccncc6[nH]c5c43)CC2C)C1. The van der Waals surface area contributed by atoms with Gasteiger partial charge in [0.05, 0.1) is 22.7 Å². The number of hydrogen-bond donors (Lipinski definition) is 1. The van der Waals surface area contributed by atoms with Crippen LogP contribution in [0, 0.1) is 11.8 Å². The van der Waals surface area contributed by atoms with E-state index in [2.05, 4.69) is 101 Å². The number of rotatable bonds is 2. The second-order valence-corrected chi connectivity index (χ2v) is 9.96. The Morgan fingerprint density at radius 3 is 2.76 bits per heavy atom. The van der Waals surface area contributed by atoms with Gasteiger partial charge in [-0.05, 0) is 64.5 Å². The lowest BCUT2D eigenvalue weighted by Crippen LogP contribution is -2.32. The summed E-state index contributed by atoms with van der Waals surface area (Å²) in [6.45, 7) is 4.71. The molecule has 2 aliphatic rings. The molecule has 2 atom stereocenters. The molecule has 0 saturated heterocycles. The van der Waals surface area contributed by atoms with Crippen LogP contribution in [-0.2, 0) is 0 Å². The van der Waals surface area contributed by atoms with E-state index in [1.807, 2.05) is 12.4 Å². The number of H-pyrrole nitrogens is 1. The lowest BCUT2D eigenvalue weighted by Gasteiger charge is -2.27. The van der Waals surface area contributed by atoms with Gasteiger partial charge in [-0.2, -0.15) is 0 Å². The largest absolute Gasteiger partial charge is 0.352 e. The van der Waals surface area contributed by atoms with Crippen molar-refractivity contribution in [2.75, 3.05) is 0 Å². The number of aromatic amines is 1. The number of hydrogen-bond acceptors (Lipinski definition) is 1. The van der Waals surface area contributed by atoms with Gasteiger partial charge in [0.1, 0.15) is 0 Å². The van der Waals surface area contributed by atoms with E-state index in [0.717, 1.165) is 18.4 Å². The molecule has 2 aromatic carbocycles. The zero-order valence-corrected chi connectivity index (χ0v) is 19.5. The minimum Gasteiger partial charge on any atom is -0.352 e. The lowest BCUT2D eigenvalue weighted by atomic mass is 9.80. The fourth-order valence-corrected chi connectivity index (χ4v) is 6.09. The van der Waals surface area contributed by atoms with Gasteiger partial charge in [0, 0.05) is 34.2 Å². The highest BCUT2D eigenvalue weighted by atomic mass is 15.0. The highest BCUT2D eigenvalue weighted by Crippen LogP contribution is 2.38. The Balaban J connectivity index is 1.41. The fraction of sp³-hybridized carbons (Fsp3) is 0.194. The van der Waals surface area contributed by atoms with Crippen LogP contribution in [0.1, 0.15) is 26.7 Å². The Kier molecular flexibility index (Phi) is 4.22. The number of nitrogens with zero attached hydrogens (tertiary/aromatic N) is 2. The van der Waals surface area contributed by atoms with E-state index in [0.29, 0.717) is 11.8 Å². The molecular weight excluding hydrogens is 414 g/mol. The van der Waals surface area contributed by atoms with Crippen LogP contribution < -0.4 is 10.4 Å². The van der Waals surface area contributed by atoms with Crippen molar-refractivity contribution in [3.05, 3.63) is 95.3 Å². The molecule has 3 heteroatoms. The summed E-state index contributed by atoms with van der Waals surface area (Å²) in [4.78, 5) is 7.95. The maximum atomic E-state index is 4.31. The van der Waals surface area contributed by atoms with Crippen molar-refractivity contribution in [2.24, 2.45) is 11.8 Å². The second-order valence-electron chi connectivity index (χ2n) is 9.96. The molecule has 2 unspecified atom stereocenters. The van der Waals surface area contributed by atoms with E-state index in [1.54, 1.807) is 0 Å². The zero-order chi connectivity index (χ0) is 22.8. The summed E-state index contributed by atoms with van der Waals surface area (Å²) in [5, 5.41) is 6.54. The van der Waals surface area contributed by atoms with E-state index >= 15 is 0 Å². The predicted octanol–water partition coefficient (Wildman–Crippen LogP) is 6.15. The number of allylic oxidation sites excluding steroid dienone is 4. The molecule has 166 valence electrons. The summed E-state index contributed by atoms with van der Waals surface area (Å²) in [5.41, 5.74) is 7.89. The number of pyridine rings is 1. The summed E-state index contributed by atoms with van der Waals surface area (Å²) < 4.78 is 2.39. The van der Waals surface area contributed by atoms with Crippen molar-refractivity contribution in [2.45, 2.75) is 26.7 Å². The predicted molar refractivity (Wildman–Crippen MR) is 143 cm³/mol. The van der Waals surface area contributed by atoms with Gasteiger partial charge in [-0.15, -0.1) is 0 Å².